The Morgan fingerprint density at radius 1 is 1.03 bits per heavy atom. The number of nitrogens with one attached hydrogen (secondary N) is 2. The minimum absolute atomic E-state index is 0.161. The van der Waals surface area contributed by atoms with Crippen molar-refractivity contribution >= 4 is 51.1 Å². The largest absolute Gasteiger partial charge is 0.465 e. The van der Waals surface area contributed by atoms with Crippen molar-refractivity contribution in [3.63, 3.8) is 0 Å². The summed E-state index contributed by atoms with van der Waals surface area (Å²) in [4.78, 5) is 51.0. The molecular weight excluding hydrogens is 436 g/mol. The van der Waals surface area contributed by atoms with Crippen LogP contribution in [0.5, 0.6) is 0 Å². The lowest BCUT2D eigenvalue weighted by Gasteiger charge is -2.20. The average molecular weight is 457 g/mol. The van der Waals surface area contributed by atoms with E-state index in [0.717, 1.165) is 11.3 Å². The third-order valence-corrected chi connectivity index (χ3v) is 6.66. The summed E-state index contributed by atoms with van der Waals surface area (Å²) in [6.45, 7) is 3.04. The van der Waals surface area contributed by atoms with Gasteiger partial charge in [0.1, 0.15) is 5.00 Å². The van der Waals surface area contributed by atoms with E-state index in [1.165, 1.54) is 25.4 Å². The van der Waals surface area contributed by atoms with E-state index < -0.39 is 23.8 Å². The quantitative estimate of drug-likeness (QED) is 0.300. The molecule has 0 saturated carbocycles. The van der Waals surface area contributed by atoms with Crippen LogP contribution in [0.4, 0.5) is 5.00 Å². The van der Waals surface area contributed by atoms with Gasteiger partial charge in [-0.15, -0.1) is 22.7 Å². The fraction of sp³-hybridized carbons (Fsp3) is 0.182. The standard InChI is InChI=1S/C22H20N2O5S2/c1-12-16(22(28)29-3)21(31-18(12)13(2)25)24-19(17(26)14-8-5-4-6-9-14)23-20(27)15-10-7-11-30-15/h4-11,19,24H,1-3H3,(H,23,27)/t19-/m0/s1. The molecule has 0 aliphatic heterocycles. The van der Waals surface area contributed by atoms with Crippen molar-refractivity contribution in [2.75, 3.05) is 12.4 Å². The number of anilines is 1. The van der Waals surface area contributed by atoms with Crippen LogP contribution in [0.2, 0.25) is 0 Å². The maximum atomic E-state index is 13.2. The molecule has 0 fully saturated rings. The molecule has 9 heteroatoms. The van der Waals surface area contributed by atoms with E-state index in [1.807, 2.05) is 0 Å². The lowest BCUT2D eigenvalue weighted by Crippen LogP contribution is -2.46. The Morgan fingerprint density at radius 2 is 1.74 bits per heavy atom. The molecule has 2 N–H and O–H groups in total. The maximum absolute atomic E-state index is 13.2. The Kier molecular flexibility index (Phi) is 6.98. The second-order valence-corrected chi connectivity index (χ2v) is 8.53. The van der Waals surface area contributed by atoms with Crippen molar-refractivity contribution < 1.29 is 23.9 Å². The minimum atomic E-state index is -1.17. The van der Waals surface area contributed by atoms with Gasteiger partial charge in [-0.1, -0.05) is 36.4 Å². The molecular formula is C22H20N2O5S2. The van der Waals surface area contributed by atoms with Crippen LogP contribution in [-0.4, -0.2) is 36.7 Å². The molecule has 7 nitrogen and oxygen atoms in total. The van der Waals surface area contributed by atoms with Crippen LogP contribution in [-0.2, 0) is 4.74 Å². The zero-order chi connectivity index (χ0) is 22.5. The van der Waals surface area contributed by atoms with Gasteiger partial charge in [-0.05, 0) is 30.9 Å². The molecule has 160 valence electrons. The Morgan fingerprint density at radius 3 is 2.32 bits per heavy atom. The molecule has 0 radical (unpaired) electrons. The molecule has 0 bridgehead atoms. The average Bonchev–Trinajstić information content (AvgIpc) is 3.41. The highest BCUT2D eigenvalue weighted by Crippen LogP contribution is 2.34. The highest BCUT2D eigenvalue weighted by Gasteiger charge is 2.29. The molecule has 0 unspecified atom stereocenters. The molecule has 3 aromatic rings. The lowest BCUT2D eigenvalue weighted by molar-refractivity contribution is 0.0601. The maximum Gasteiger partial charge on any atom is 0.341 e. The van der Waals surface area contributed by atoms with E-state index in [2.05, 4.69) is 10.6 Å². The minimum Gasteiger partial charge on any atom is -0.465 e. The summed E-state index contributed by atoms with van der Waals surface area (Å²) >= 11 is 2.28. The summed E-state index contributed by atoms with van der Waals surface area (Å²) < 4.78 is 4.86. The van der Waals surface area contributed by atoms with Crippen LogP contribution in [0.15, 0.2) is 47.8 Å². The van der Waals surface area contributed by atoms with E-state index >= 15 is 0 Å². The van der Waals surface area contributed by atoms with E-state index in [1.54, 1.807) is 54.8 Å². The number of esters is 1. The van der Waals surface area contributed by atoms with Gasteiger partial charge in [-0.25, -0.2) is 4.79 Å². The Bertz CT molecular complexity index is 1120. The Hall–Kier alpha value is -3.30. The zero-order valence-corrected chi connectivity index (χ0v) is 18.7. The predicted octanol–water partition coefficient (Wildman–Crippen LogP) is 4.16. The Labute approximate surface area is 187 Å². The van der Waals surface area contributed by atoms with Crippen LogP contribution in [0, 0.1) is 6.92 Å². The monoisotopic (exact) mass is 456 g/mol. The summed E-state index contributed by atoms with van der Waals surface area (Å²) in [6, 6.07) is 11.9. The fourth-order valence-electron chi connectivity index (χ4n) is 2.98. The van der Waals surface area contributed by atoms with Crippen molar-refractivity contribution in [2.24, 2.45) is 0 Å². The van der Waals surface area contributed by atoms with Gasteiger partial charge in [0.25, 0.3) is 5.91 Å². The number of ketones is 2. The smallest absolute Gasteiger partial charge is 0.341 e. The predicted molar refractivity (Wildman–Crippen MR) is 120 cm³/mol. The Balaban J connectivity index is 2.01. The molecule has 3 rings (SSSR count). The molecule has 1 amide bonds. The number of ether oxygens (including phenoxy) is 1. The number of thiophene rings is 2. The molecule has 2 aromatic heterocycles. The first-order valence-corrected chi connectivity index (χ1v) is 11.0. The molecule has 31 heavy (non-hydrogen) atoms. The van der Waals surface area contributed by atoms with Crippen LogP contribution < -0.4 is 10.6 Å². The number of hydrogen-bond donors (Lipinski definition) is 2. The van der Waals surface area contributed by atoms with E-state index in [0.29, 0.717) is 20.9 Å². The second-order valence-electron chi connectivity index (χ2n) is 6.57. The summed E-state index contributed by atoms with van der Waals surface area (Å²) in [5.41, 5.74) is 1.00. The molecule has 2 heterocycles. The van der Waals surface area contributed by atoms with Crippen LogP contribution >= 0.6 is 22.7 Å². The number of benzene rings is 1. The van der Waals surface area contributed by atoms with Crippen LogP contribution in [0.1, 0.15) is 52.5 Å². The van der Waals surface area contributed by atoms with E-state index in [-0.39, 0.29) is 16.3 Å². The fourth-order valence-corrected chi connectivity index (χ4v) is 4.72. The van der Waals surface area contributed by atoms with E-state index in [4.69, 9.17) is 4.74 Å². The molecule has 1 atom stereocenters. The molecule has 0 spiro atoms. The van der Waals surface area contributed by atoms with Crippen molar-refractivity contribution in [2.45, 2.75) is 20.0 Å². The SMILES string of the molecule is COC(=O)c1c(N[C@H](NC(=O)c2cccs2)C(=O)c2ccccc2)sc(C(C)=O)c1C. The zero-order valence-electron chi connectivity index (χ0n) is 17.1. The first kappa shape index (κ1) is 22.4. The number of methoxy groups -OCH3 is 1. The summed E-state index contributed by atoms with van der Waals surface area (Å²) in [6.07, 6.45) is -1.17. The van der Waals surface area contributed by atoms with E-state index in [9.17, 15) is 19.2 Å². The lowest BCUT2D eigenvalue weighted by atomic mass is 10.1. The van der Waals surface area contributed by atoms with Crippen LogP contribution in [0.25, 0.3) is 0 Å². The van der Waals surface area contributed by atoms with Crippen molar-refractivity contribution in [3.05, 3.63) is 74.3 Å². The van der Waals surface area contributed by atoms with Crippen molar-refractivity contribution in [1.82, 2.24) is 5.32 Å². The normalized spacial score (nSPS) is 11.5. The van der Waals surface area contributed by atoms with Gasteiger partial charge >= 0.3 is 5.97 Å². The topological polar surface area (TPSA) is 102 Å². The highest BCUT2D eigenvalue weighted by molar-refractivity contribution is 7.18. The highest BCUT2D eigenvalue weighted by atomic mass is 32.1. The second kappa shape index (κ2) is 9.67. The summed E-state index contributed by atoms with van der Waals surface area (Å²) in [7, 11) is 1.24. The molecule has 0 saturated heterocycles. The molecule has 1 aromatic carbocycles. The number of amides is 1. The van der Waals surface area contributed by atoms with Gasteiger partial charge in [0, 0.05) is 5.56 Å². The first-order chi connectivity index (χ1) is 14.8. The third-order valence-electron chi connectivity index (χ3n) is 4.47. The van der Waals surface area contributed by atoms with Gasteiger partial charge in [-0.2, -0.15) is 0 Å². The number of rotatable bonds is 8. The van der Waals surface area contributed by atoms with Crippen molar-refractivity contribution in [3.8, 4) is 0 Å². The van der Waals surface area contributed by atoms with Crippen LogP contribution in [0.3, 0.4) is 0 Å². The summed E-state index contributed by atoms with van der Waals surface area (Å²) in [5.74, 6) is -1.68. The van der Waals surface area contributed by atoms with Gasteiger partial charge in [0.15, 0.2) is 11.9 Å². The van der Waals surface area contributed by atoms with Gasteiger partial charge in [0.05, 0.1) is 22.4 Å². The number of carbonyl (C=O) groups is 4. The first-order valence-electron chi connectivity index (χ1n) is 9.26. The van der Waals surface area contributed by atoms with Gasteiger partial charge in [-0.3, -0.25) is 14.4 Å². The molecule has 0 aliphatic carbocycles. The summed E-state index contributed by atoms with van der Waals surface area (Å²) in [5, 5.41) is 7.68. The number of Topliss-reactive ketones (excluding diaryl/α,β-unsaturated/α-hetero) is 2. The third kappa shape index (κ3) is 4.89. The number of carbonyl (C=O) groups excluding carboxylic acids is 4. The van der Waals surface area contributed by atoms with Gasteiger partial charge in [0.2, 0.25) is 5.78 Å². The number of hydrogen-bond acceptors (Lipinski definition) is 8. The van der Waals surface area contributed by atoms with Gasteiger partial charge < -0.3 is 15.4 Å². The molecule has 0 aliphatic rings. The van der Waals surface area contributed by atoms with Crippen molar-refractivity contribution in [1.29, 1.82) is 0 Å².